The summed E-state index contributed by atoms with van der Waals surface area (Å²) >= 11 is 0. The standard InChI is InChI=1S/C24H34N2/c1-4-20-10-12-21(13-11-20)18-25-16-14-24(22-8-6-5-7-9-22)15-17-26-23(2,3)19-24/h5-13,25-26H,4,14-19H2,1-3H3. The van der Waals surface area contributed by atoms with Crippen molar-refractivity contribution in [3.63, 3.8) is 0 Å². The Balaban J connectivity index is 1.63. The van der Waals surface area contributed by atoms with E-state index < -0.39 is 0 Å². The highest BCUT2D eigenvalue weighted by atomic mass is 15.0. The maximum atomic E-state index is 3.69. The quantitative estimate of drug-likeness (QED) is 0.699. The second kappa shape index (κ2) is 8.37. The summed E-state index contributed by atoms with van der Waals surface area (Å²) < 4.78 is 0. The lowest BCUT2D eigenvalue weighted by Crippen LogP contribution is -2.53. The van der Waals surface area contributed by atoms with Crippen LogP contribution in [0.25, 0.3) is 0 Å². The molecule has 2 heteroatoms. The highest BCUT2D eigenvalue weighted by Crippen LogP contribution is 2.41. The monoisotopic (exact) mass is 350 g/mol. The van der Waals surface area contributed by atoms with E-state index >= 15 is 0 Å². The van der Waals surface area contributed by atoms with Crippen LogP contribution in [0.2, 0.25) is 0 Å². The van der Waals surface area contributed by atoms with E-state index in [-0.39, 0.29) is 11.0 Å². The van der Waals surface area contributed by atoms with Crippen LogP contribution in [0.5, 0.6) is 0 Å². The van der Waals surface area contributed by atoms with Crippen molar-refractivity contribution >= 4 is 0 Å². The van der Waals surface area contributed by atoms with Crippen molar-refractivity contribution in [3.8, 4) is 0 Å². The molecule has 2 nitrogen and oxygen atoms in total. The Bertz CT molecular complexity index is 675. The summed E-state index contributed by atoms with van der Waals surface area (Å²) in [6.07, 6.45) is 4.70. The smallest absolute Gasteiger partial charge is 0.0205 e. The summed E-state index contributed by atoms with van der Waals surface area (Å²) in [6.45, 7) is 9.99. The first-order chi connectivity index (χ1) is 12.5. The van der Waals surface area contributed by atoms with E-state index in [2.05, 4.69) is 86.0 Å². The molecule has 2 aromatic rings. The Morgan fingerprint density at radius 1 is 0.962 bits per heavy atom. The maximum absolute atomic E-state index is 3.69. The second-order valence-electron chi connectivity index (χ2n) is 8.48. The molecule has 2 N–H and O–H groups in total. The van der Waals surface area contributed by atoms with E-state index in [0.717, 1.165) is 26.1 Å². The van der Waals surface area contributed by atoms with Gasteiger partial charge in [-0.15, -0.1) is 0 Å². The third kappa shape index (κ3) is 4.75. The summed E-state index contributed by atoms with van der Waals surface area (Å²) in [5.74, 6) is 0. The van der Waals surface area contributed by atoms with Crippen molar-refractivity contribution in [1.82, 2.24) is 10.6 Å². The van der Waals surface area contributed by atoms with E-state index in [0.29, 0.717) is 0 Å². The Morgan fingerprint density at radius 2 is 1.65 bits per heavy atom. The number of piperidine rings is 1. The van der Waals surface area contributed by atoms with Gasteiger partial charge in [-0.3, -0.25) is 0 Å². The average molecular weight is 351 g/mol. The molecule has 0 spiro atoms. The summed E-state index contributed by atoms with van der Waals surface area (Å²) in [4.78, 5) is 0. The van der Waals surface area contributed by atoms with Crippen LogP contribution in [0, 0.1) is 0 Å². The van der Waals surface area contributed by atoms with Gasteiger partial charge in [-0.25, -0.2) is 0 Å². The van der Waals surface area contributed by atoms with Crippen LogP contribution in [0.3, 0.4) is 0 Å². The molecule has 3 rings (SSSR count). The number of rotatable bonds is 7. The number of nitrogens with one attached hydrogen (secondary N) is 2. The zero-order valence-corrected chi connectivity index (χ0v) is 16.6. The molecule has 0 amide bonds. The van der Waals surface area contributed by atoms with E-state index in [4.69, 9.17) is 0 Å². The maximum Gasteiger partial charge on any atom is 0.0205 e. The Morgan fingerprint density at radius 3 is 2.31 bits per heavy atom. The fourth-order valence-electron chi connectivity index (χ4n) is 4.49. The molecule has 1 saturated heterocycles. The van der Waals surface area contributed by atoms with Crippen molar-refractivity contribution in [3.05, 3.63) is 71.3 Å². The summed E-state index contributed by atoms with van der Waals surface area (Å²) in [5.41, 5.74) is 4.76. The molecule has 0 bridgehead atoms. The third-order valence-electron chi connectivity index (χ3n) is 5.91. The van der Waals surface area contributed by atoms with Crippen LogP contribution in [-0.4, -0.2) is 18.6 Å². The normalized spacial score (nSPS) is 22.3. The number of aryl methyl sites for hydroxylation is 1. The summed E-state index contributed by atoms with van der Waals surface area (Å²) in [7, 11) is 0. The van der Waals surface area contributed by atoms with Crippen molar-refractivity contribution in [2.75, 3.05) is 13.1 Å². The van der Waals surface area contributed by atoms with Crippen molar-refractivity contribution < 1.29 is 0 Å². The molecule has 1 atom stereocenters. The van der Waals surface area contributed by atoms with Crippen LogP contribution in [-0.2, 0) is 18.4 Å². The molecule has 1 aliphatic heterocycles. The lowest BCUT2D eigenvalue weighted by molar-refractivity contribution is 0.181. The molecular weight excluding hydrogens is 316 g/mol. The number of hydrogen-bond donors (Lipinski definition) is 2. The van der Waals surface area contributed by atoms with Crippen LogP contribution >= 0.6 is 0 Å². The van der Waals surface area contributed by atoms with E-state index in [1.54, 1.807) is 0 Å². The van der Waals surface area contributed by atoms with Gasteiger partial charge in [0.1, 0.15) is 0 Å². The molecule has 140 valence electrons. The van der Waals surface area contributed by atoms with Gasteiger partial charge in [0.15, 0.2) is 0 Å². The van der Waals surface area contributed by atoms with Crippen molar-refractivity contribution in [1.29, 1.82) is 0 Å². The highest BCUT2D eigenvalue weighted by molar-refractivity contribution is 5.28. The van der Waals surface area contributed by atoms with Gasteiger partial charge in [0.2, 0.25) is 0 Å². The Kier molecular flexibility index (Phi) is 6.16. The molecule has 26 heavy (non-hydrogen) atoms. The number of benzene rings is 2. The predicted octanol–water partition coefficient (Wildman–Crippen LogP) is 4.83. The summed E-state index contributed by atoms with van der Waals surface area (Å²) in [5, 5.41) is 7.38. The molecule has 1 heterocycles. The van der Waals surface area contributed by atoms with Gasteiger partial charge >= 0.3 is 0 Å². The van der Waals surface area contributed by atoms with Crippen LogP contribution in [0.1, 0.15) is 56.7 Å². The van der Waals surface area contributed by atoms with E-state index in [1.807, 2.05) is 0 Å². The van der Waals surface area contributed by atoms with Gasteiger partial charge in [0.25, 0.3) is 0 Å². The molecule has 0 aromatic heterocycles. The van der Waals surface area contributed by atoms with Crippen molar-refractivity contribution in [2.24, 2.45) is 0 Å². The van der Waals surface area contributed by atoms with E-state index in [9.17, 15) is 0 Å². The van der Waals surface area contributed by atoms with Crippen LogP contribution < -0.4 is 10.6 Å². The zero-order chi connectivity index (χ0) is 18.5. The molecule has 1 fully saturated rings. The van der Waals surface area contributed by atoms with Crippen LogP contribution in [0.15, 0.2) is 54.6 Å². The van der Waals surface area contributed by atoms with Gasteiger partial charge in [-0.1, -0.05) is 61.5 Å². The number of hydrogen-bond acceptors (Lipinski definition) is 2. The zero-order valence-electron chi connectivity index (χ0n) is 16.6. The topological polar surface area (TPSA) is 24.1 Å². The SMILES string of the molecule is CCc1ccc(CNCCC2(c3ccccc3)CCNC(C)(C)C2)cc1. The van der Waals surface area contributed by atoms with Gasteiger partial charge in [0.05, 0.1) is 0 Å². The molecule has 1 aliphatic rings. The minimum absolute atomic E-state index is 0.198. The average Bonchev–Trinajstić information content (AvgIpc) is 2.66. The van der Waals surface area contributed by atoms with Crippen LogP contribution in [0.4, 0.5) is 0 Å². The van der Waals surface area contributed by atoms with E-state index in [1.165, 1.54) is 36.0 Å². The first kappa shape index (κ1) is 19.1. The largest absolute Gasteiger partial charge is 0.313 e. The highest BCUT2D eigenvalue weighted by Gasteiger charge is 2.40. The molecule has 0 saturated carbocycles. The molecule has 0 aliphatic carbocycles. The summed E-state index contributed by atoms with van der Waals surface area (Å²) in [6, 6.07) is 20.2. The van der Waals surface area contributed by atoms with Gasteiger partial charge in [-0.2, -0.15) is 0 Å². The van der Waals surface area contributed by atoms with Crippen molar-refractivity contribution in [2.45, 2.75) is 64.0 Å². The minimum atomic E-state index is 0.198. The lowest BCUT2D eigenvalue weighted by atomic mass is 9.65. The Hall–Kier alpha value is -1.64. The molecule has 2 aromatic carbocycles. The lowest BCUT2D eigenvalue weighted by Gasteiger charge is -2.46. The fourth-order valence-corrected chi connectivity index (χ4v) is 4.49. The second-order valence-corrected chi connectivity index (χ2v) is 8.48. The first-order valence-corrected chi connectivity index (χ1v) is 10.1. The van der Waals surface area contributed by atoms with Gasteiger partial charge in [0, 0.05) is 12.1 Å². The predicted molar refractivity (Wildman–Crippen MR) is 112 cm³/mol. The van der Waals surface area contributed by atoms with Gasteiger partial charge < -0.3 is 10.6 Å². The molecule has 1 unspecified atom stereocenters. The molecular formula is C24H34N2. The minimum Gasteiger partial charge on any atom is -0.313 e. The molecule has 0 radical (unpaired) electrons. The van der Waals surface area contributed by atoms with Gasteiger partial charge in [-0.05, 0) is 74.7 Å². The fraction of sp³-hybridized carbons (Fsp3) is 0.500. The Labute approximate surface area is 159 Å². The third-order valence-corrected chi connectivity index (χ3v) is 5.91. The first-order valence-electron chi connectivity index (χ1n) is 10.1.